The molecule has 0 amide bonds. The number of anilines is 2. The lowest BCUT2D eigenvalue weighted by Crippen LogP contribution is -2.13. The van der Waals surface area contributed by atoms with E-state index >= 15 is 0 Å². The van der Waals surface area contributed by atoms with Crippen LogP contribution in [0.2, 0.25) is 0 Å². The van der Waals surface area contributed by atoms with E-state index in [4.69, 9.17) is 11.0 Å². The van der Waals surface area contributed by atoms with E-state index in [1.165, 1.54) is 12.1 Å². The summed E-state index contributed by atoms with van der Waals surface area (Å²) in [5.41, 5.74) is 6.62. The van der Waals surface area contributed by atoms with Gasteiger partial charge in [-0.3, -0.25) is 4.72 Å². The molecular formula is C12H9BrN4O2S. The van der Waals surface area contributed by atoms with Crippen LogP contribution < -0.4 is 10.5 Å². The van der Waals surface area contributed by atoms with Gasteiger partial charge in [0.15, 0.2) is 0 Å². The highest BCUT2D eigenvalue weighted by Gasteiger charge is 2.16. The van der Waals surface area contributed by atoms with E-state index in [2.05, 4.69) is 25.6 Å². The molecule has 102 valence electrons. The summed E-state index contributed by atoms with van der Waals surface area (Å²) < 4.78 is 27.2. The molecule has 0 atom stereocenters. The Labute approximate surface area is 124 Å². The van der Waals surface area contributed by atoms with Crippen LogP contribution in [0.25, 0.3) is 0 Å². The van der Waals surface area contributed by atoms with Crippen molar-refractivity contribution in [1.29, 1.82) is 5.26 Å². The van der Waals surface area contributed by atoms with E-state index in [1.807, 2.05) is 6.07 Å². The number of nitrogen functional groups attached to an aromatic ring is 1. The second kappa shape index (κ2) is 5.48. The minimum atomic E-state index is -3.77. The van der Waals surface area contributed by atoms with Gasteiger partial charge in [-0.05, 0) is 46.3 Å². The first-order valence-corrected chi connectivity index (χ1v) is 7.64. The van der Waals surface area contributed by atoms with Gasteiger partial charge >= 0.3 is 0 Å². The quantitative estimate of drug-likeness (QED) is 0.822. The van der Waals surface area contributed by atoms with Crippen LogP contribution in [0.3, 0.4) is 0 Å². The molecule has 3 N–H and O–H groups in total. The molecular weight excluding hydrogens is 344 g/mol. The molecule has 0 bridgehead atoms. The van der Waals surface area contributed by atoms with Gasteiger partial charge in [0.1, 0.15) is 16.7 Å². The Hall–Kier alpha value is -2.11. The molecule has 0 unspecified atom stereocenters. The van der Waals surface area contributed by atoms with Gasteiger partial charge in [-0.2, -0.15) is 5.26 Å². The zero-order chi connectivity index (χ0) is 14.8. The summed E-state index contributed by atoms with van der Waals surface area (Å²) in [4.78, 5) is 3.70. The van der Waals surface area contributed by atoms with Crippen molar-refractivity contribution in [3.05, 3.63) is 46.7 Å². The predicted molar refractivity (Wildman–Crippen MR) is 78.3 cm³/mol. The van der Waals surface area contributed by atoms with Crippen LogP contribution in [-0.4, -0.2) is 13.4 Å². The van der Waals surface area contributed by atoms with Gasteiger partial charge in [-0.1, -0.05) is 0 Å². The van der Waals surface area contributed by atoms with Gasteiger partial charge in [-0.25, -0.2) is 13.4 Å². The second-order valence-electron chi connectivity index (χ2n) is 3.84. The summed E-state index contributed by atoms with van der Waals surface area (Å²) in [5.74, 6) is 0. The lowest BCUT2D eigenvalue weighted by atomic mass is 10.3. The molecule has 1 aromatic carbocycles. The van der Waals surface area contributed by atoms with Crippen LogP contribution >= 0.6 is 15.9 Å². The van der Waals surface area contributed by atoms with Gasteiger partial charge in [0.25, 0.3) is 10.0 Å². The van der Waals surface area contributed by atoms with Gasteiger partial charge in [0.05, 0.1) is 5.69 Å². The van der Waals surface area contributed by atoms with E-state index in [-0.39, 0.29) is 10.6 Å². The molecule has 1 heterocycles. The van der Waals surface area contributed by atoms with Gasteiger partial charge in [0, 0.05) is 16.4 Å². The summed E-state index contributed by atoms with van der Waals surface area (Å²) in [6, 6.07) is 9.21. The minimum Gasteiger partial charge on any atom is -0.399 e. The first-order valence-electron chi connectivity index (χ1n) is 5.36. The number of nitrogens with zero attached hydrogens (tertiary/aromatic N) is 2. The Bertz CT molecular complexity index is 782. The molecule has 6 nitrogen and oxygen atoms in total. The average molecular weight is 353 g/mol. The molecule has 0 fully saturated rings. The minimum absolute atomic E-state index is 0.0276. The Morgan fingerprint density at radius 1 is 1.30 bits per heavy atom. The highest BCUT2D eigenvalue weighted by molar-refractivity contribution is 9.10. The Balaban J connectivity index is 2.33. The van der Waals surface area contributed by atoms with Crippen LogP contribution in [0.4, 0.5) is 11.4 Å². The number of nitrogens with two attached hydrogens (primary N) is 1. The molecule has 0 aliphatic rings. The number of hydrogen-bond acceptors (Lipinski definition) is 5. The van der Waals surface area contributed by atoms with E-state index in [9.17, 15) is 8.42 Å². The first-order chi connectivity index (χ1) is 9.42. The number of sulfonamides is 1. The van der Waals surface area contributed by atoms with Crippen molar-refractivity contribution in [1.82, 2.24) is 4.98 Å². The number of nitrogens with one attached hydrogen (secondary N) is 1. The smallest absolute Gasteiger partial charge is 0.263 e. The van der Waals surface area contributed by atoms with Gasteiger partial charge < -0.3 is 5.73 Å². The number of benzene rings is 1. The predicted octanol–water partition coefficient (Wildman–Crippen LogP) is 2.10. The Kier molecular flexibility index (Phi) is 3.92. The highest BCUT2D eigenvalue weighted by Crippen LogP contribution is 2.26. The molecule has 1 aromatic heterocycles. The number of aromatic nitrogens is 1. The maximum absolute atomic E-state index is 12.2. The zero-order valence-corrected chi connectivity index (χ0v) is 12.4. The number of hydrogen-bond donors (Lipinski definition) is 2. The molecule has 0 saturated carbocycles. The maximum atomic E-state index is 12.2. The zero-order valence-electron chi connectivity index (χ0n) is 10.0. The molecule has 0 aliphatic carbocycles. The summed E-state index contributed by atoms with van der Waals surface area (Å²) >= 11 is 3.23. The fourth-order valence-corrected chi connectivity index (χ4v) is 3.07. The van der Waals surface area contributed by atoms with E-state index < -0.39 is 10.0 Å². The van der Waals surface area contributed by atoms with E-state index in [0.29, 0.717) is 15.8 Å². The monoisotopic (exact) mass is 352 g/mol. The van der Waals surface area contributed by atoms with Crippen molar-refractivity contribution in [3.63, 3.8) is 0 Å². The van der Waals surface area contributed by atoms with Crippen LogP contribution in [0.1, 0.15) is 5.69 Å². The maximum Gasteiger partial charge on any atom is 0.263 e. The molecule has 0 spiro atoms. The van der Waals surface area contributed by atoms with Crippen molar-refractivity contribution in [2.75, 3.05) is 10.5 Å². The van der Waals surface area contributed by atoms with Crippen LogP contribution in [0.15, 0.2) is 45.9 Å². The standard InChI is InChI=1S/C12H9BrN4O2S/c13-11-5-8(15)1-4-12(11)17-20(18,19)10-3-2-9(6-14)16-7-10/h1-5,7,17H,15H2. The topological polar surface area (TPSA) is 109 Å². The van der Waals surface area contributed by atoms with Crippen LogP contribution in [0, 0.1) is 11.3 Å². The molecule has 2 aromatic rings. The van der Waals surface area contributed by atoms with Crippen LogP contribution in [0.5, 0.6) is 0 Å². The van der Waals surface area contributed by atoms with Crippen molar-refractivity contribution >= 4 is 37.3 Å². The molecule has 2 rings (SSSR count). The normalized spacial score (nSPS) is 10.8. The van der Waals surface area contributed by atoms with Crippen LogP contribution in [-0.2, 0) is 10.0 Å². The van der Waals surface area contributed by atoms with Gasteiger partial charge in [0.2, 0.25) is 0 Å². The lowest BCUT2D eigenvalue weighted by Gasteiger charge is -2.10. The molecule has 0 radical (unpaired) electrons. The van der Waals surface area contributed by atoms with Crippen molar-refractivity contribution in [2.24, 2.45) is 0 Å². The summed E-state index contributed by atoms with van der Waals surface area (Å²) in [7, 11) is -3.77. The number of rotatable bonds is 3. The molecule has 0 saturated heterocycles. The largest absolute Gasteiger partial charge is 0.399 e. The average Bonchev–Trinajstić information content (AvgIpc) is 2.42. The first kappa shape index (κ1) is 14.3. The number of nitriles is 1. The summed E-state index contributed by atoms with van der Waals surface area (Å²) in [5, 5.41) is 8.63. The second-order valence-corrected chi connectivity index (χ2v) is 6.37. The summed E-state index contributed by atoms with van der Waals surface area (Å²) in [6.45, 7) is 0. The molecule has 0 aliphatic heterocycles. The number of pyridine rings is 1. The molecule has 20 heavy (non-hydrogen) atoms. The van der Waals surface area contributed by atoms with Crippen molar-refractivity contribution in [2.45, 2.75) is 4.90 Å². The fourth-order valence-electron chi connectivity index (χ4n) is 1.42. The molecule has 8 heteroatoms. The van der Waals surface area contributed by atoms with Gasteiger partial charge in [-0.15, -0.1) is 0 Å². The van der Waals surface area contributed by atoms with E-state index in [0.717, 1.165) is 6.20 Å². The van der Waals surface area contributed by atoms with Crippen molar-refractivity contribution < 1.29 is 8.42 Å². The van der Waals surface area contributed by atoms with E-state index in [1.54, 1.807) is 18.2 Å². The van der Waals surface area contributed by atoms with Crippen molar-refractivity contribution in [3.8, 4) is 6.07 Å². The highest BCUT2D eigenvalue weighted by atomic mass is 79.9. The lowest BCUT2D eigenvalue weighted by molar-refractivity contribution is 0.601. The SMILES string of the molecule is N#Cc1ccc(S(=O)(=O)Nc2ccc(N)cc2Br)cn1. The third kappa shape index (κ3) is 3.07. The third-order valence-electron chi connectivity index (χ3n) is 2.40. The fraction of sp³-hybridized carbons (Fsp3) is 0. The third-order valence-corrected chi connectivity index (χ3v) is 4.41. The Morgan fingerprint density at radius 2 is 2.05 bits per heavy atom. The number of halogens is 1. The Morgan fingerprint density at radius 3 is 2.60 bits per heavy atom. The summed E-state index contributed by atoms with van der Waals surface area (Å²) in [6.07, 6.45) is 1.13.